The molecule has 1 aliphatic rings. The number of rotatable bonds is 5. The summed E-state index contributed by atoms with van der Waals surface area (Å²) in [6.45, 7) is 4.41. The van der Waals surface area contributed by atoms with Crippen molar-refractivity contribution in [2.75, 3.05) is 0 Å². The van der Waals surface area contributed by atoms with E-state index in [1.807, 2.05) is 6.26 Å². The molecule has 0 unspecified atom stereocenters. The quantitative estimate of drug-likeness (QED) is 0.591. The molecule has 0 aromatic rings. The molecule has 82 valence electrons. The Bertz CT molecular complexity index is 166. The molecule has 1 heteroatoms. The van der Waals surface area contributed by atoms with Gasteiger partial charge in [-0.25, -0.2) is 0 Å². The number of unbranched alkanes of at least 4 members (excludes halogenated alkanes) is 1. The van der Waals surface area contributed by atoms with Crippen LogP contribution >= 0.6 is 0 Å². The molecule has 0 radical (unpaired) electrons. The van der Waals surface area contributed by atoms with Crippen molar-refractivity contribution < 1.29 is 4.74 Å². The lowest BCUT2D eigenvalue weighted by molar-refractivity contribution is 0.104. The molecule has 0 atom stereocenters. The zero-order valence-electron chi connectivity index (χ0n) is 9.72. The smallest absolute Gasteiger partial charge is 0.0978 e. The fraction of sp³-hybridized carbons (Fsp3) is 0.846. The molecule has 0 N–H and O–H groups in total. The molecule has 1 rings (SSSR count). The van der Waals surface area contributed by atoms with Crippen LogP contribution in [0.1, 0.15) is 65.2 Å². The molecule has 0 saturated heterocycles. The topological polar surface area (TPSA) is 9.23 Å². The molecule has 1 saturated carbocycles. The number of hydrogen-bond donors (Lipinski definition) is 0. The van der Waals surface area contributed by atoms with Crippen LogP contribution in [-0.4, -0.2) is 6.10 Å². The number of ether oxygens (including phenoxy) is 1. The van der Waals surface area contributed by atoms with E-state index in [0.29, 0.717) is 6.10 Å². The van der Waals surface area contributed by atoms with Crippen molar-refractivity contribution in [1.29, 1.82) is 0 Å². The van der Waals surface area contributed by atoms with E-state index in [0.717, 1.165) is 0 Å². The molecule has 14 heavy (non-hydrogen) atoms. The molecule has 0 aromatic heterocycles. The van der Waals surface area contributed by atoms with Crippen LogP contribution in [0, 0.1) is 0 Å². The van der Waals surface area contributed by atoms with Crippen LogP contribution < -0.4 is 0 Å². The Labute approximate surface area is 88.5 Å². The van der Waals surface area contributed by atoms with Crippen LogP contribution in [0.5, 0.6) is 0 Å². The van der Waals surface area contributed by atoms with Crippen molar-refractivity contribution in [2.45, 2.75) is 71.3 Å². The lowest BCUT2D eigenvalue weighted by Gasteiger charge is -2.21. The molecule has 0 spiro atoms. The van der Waals surface area contributed by atoms with Gasteiger partial charge in [-0.2, -0.15) is 0 Å². The predicted octanol–water partition coefficient (Wildman–Crippen LogP) is 4.43. The minimum Gasteiger partial charge on any atom is -0.498 e. The van der Waals surface area contributed by atoms with E-state index in [4.69, 9.17) is 4.74 Å². The Morgan fingerprint density at radius 1 is 1.29 bits per heavy atom. The molecule has 0 heterocycles. The summed E-state index contributed by atoms with van der Waals surface area (Å²) >= 11 is 0. The third-order valence-electron chi connectivity index (χ3n) is 2.94. The summed E-state index contributed by atoms with van der Waals surface area (Å²) in [5.41, 5.74) is 1.40. The molecular formula is C13H24O. The Balaban J connectivity index is 2.15. The molecule has 0 bridgehead atoms. The molecule has 0 aliphatic heterocycles. The zero-order valence-corrected chi connectivity index (χ0v) is 9.72. The van der Waals surface area contributed by atoms with E-state index in [1.54, 1.807) is 0 Å². The lowest BCUT2D eigenvalue weighted by Crippen LogP contribution is -2.13. The first-order valence-electron chi connectivity index (χ1n) is 6.14. The van der Waals surface area contributed by atoms with Crippen molar-refractivity contribution >= 4 is 0 Å². The number of allylic oxidation sites excluding steroid dienone is 1. The minimum atomic E-state index is 0.514. The van der Waals surface area contributed by atoms with Crippen molar-refractivity contribution in [1.82, 2.24) is 0 Å². The molecular weight excluding hydrogens is 172 g/mol. The van der Waals surface area contributed by atoms with Gasteiger partial charge in [-0.3, -0.25) is 0 Å². The van der Waals surface area contributed by atoms with Gasteiger partial charge < -0.3 is 4.74 Å². The summed E-state index contributed by atoms with van der Waals surface area (Å²) < 4.78 is 5.78. The standard InChI is InChI=1S/C13H24O/c1-3-4-8-12(2)11-14-13-9-6-5-7-10-13/h11,13H,3-10H2,1-2H3. The van der Waals surface area contributed by atoms with Crippen molar-refractivity contribution in [3.8, 4) is 0 Å². The summed E-state index contributed by atoms with van der Waals surface area (Å²) in [6.07, 6.45) is 12.9. The monoisotopic (exact) mass is 196 g/mol. The Hall–Kier alpha value is -0.460. The van der Waals surface area contributed by atoms with Gasteiger partial charge in [0.2, 0.25) is 0 Å². The summed E-state index contributed by atoms with van der Waals surface area (Å²) in [6, 6.07) is 0. The average Bonchev–Trinajstić information content (AvgIpc) is 2.25. The first kappa shape index (κ1) is 11.6. The van der Waals surface area contributed by atoms with Crippen LogP contribution in [0.4, 0.5) is 0 Å². The molecule has 1 aliphatic carbocycles. The minimum absolute atomic E-state index is 0.514. The van der Waals surface area contributed by atoms with Gasteiger partial charge in [0.25, 0.3) is 0 Å². The average molecular weight is 196 g/mol. The molecule has 1 nitrogen and oxygen atoms in total. The maximum absolute atomic E-state index is 5.78. The maximum atomic E-state index is 5.78. The van der Waals surface area contributed by atoms with Crippen LogP contribution in [0.2, 0.25) is 0 Å². The fourth-order valence-electron chi connectivity index (χ4n) is 1.93. The highest BCUT2D eigenvalue weighted by Crippen LogP contribution is 2.21. The fourth-order valence-corrected chi connectivity index (χ4v) is 1.93. The second-order valence-electron chi connectivity index (χ2n) is 4.46. The van der Waals surface area contributed by atoms with Crippen molar-refractivity contribution in [2.24, 2.45) is 0 Å². The highest BCUT2D eigenvalue weighted by atomic mass is 16.5. The van der Waals surface area contributed by atoms with Gasteiger partial charge in [-0.1, -0.05) is 19.8 Å². The second-order valence-corrected chi connectivity index (χ2v) is 4.46. The van der Waals surface area contributed by atoms with E-state index < -0.39 is 0 Å². The van der Waals surface area contributed by atoms with Crippen molar-refractivity contribution in [3.63, 3.8) is 0 Å². The predicted molar refractivity (Wildman–Crippen MR) is 61.2 cm³/mol. The normalized spacial score (nSPS) is 19.7. The zero-order chi connectivity index (χ0) is 10.2. The molecule has 0 aromatic carbocycles. The summed E-state index contributed by atoms with van der Waals surface area (Å²) in [5.74, 6) is 0. The van der Waals surface area contributed by atoms with Gasteiger partial charge >= 0.3 is 0 Å². The second kappa shape index (κ2) is 6.92. The maximum Gasteiger partial charge on any atom is 0.0978 e. The highest BCUT2D eigenvalue weighted by Gasteiger charge is 2.12. The first-order chi connectivity index (χ1) is 6.83. The number of hydrogen-bond acceptors (Lipinski definition) is 1. The van der Waals surface area contributed by atoms with Crippen LogP contribution in [-0.2, 0) is 4.74 Å². The third kappa shape index (κ3) is 4.69. The van der Waals surface area contributed by atoms with Crippen LogP contribution in [0.25, 0.3) is 0 Å². The summed E-state index contributed by atoms with van der Waals surface area (Å²) in [7, 11) is 0. The third-order valence-corrected chi connectivity index (χ3v) is 2.94. The Kier molecular flexibility index (Phi) is 5.74. The van der Waals surface area contributed by atoms with Gasteiger partial charge in [-0.05, 0) is 51.0 Å². The van der Waals surface area contributed by atoms with Crippen molar-refractivity contribution in [3.05, 3.63) is 11.8 Å². The van der Waals surface area contributed by atoms with Crippen LogP contribution in [0.3, 0.4) is 0 Å². The van der Waals surface area contributed by atoms with E-state index in [1.165, 1.54) is 56.9 Å². The van der Waals surface area contributed by atoms with E-state index >= 15 is 0 Å². The Morgan fingerprint density at radius 3 is 2.64 bits per heavy atom. The molecule has 0 amide bonds. The SMILES string of the molecule is CCCCC(C)=COC1CCCCC1. The van der Waals surface area contributed by atoms with Gasteiger partial charge in [0.1, 0.15) is 0 Å². The van der Waals surface area contributed by atoms with E-state index in [-0.39, 0.29) is 0 Å². The van der Waals surface area contributed by atoms with Gasteiger partial charge in [0.15, 0.2) is 0 Å². The largest absolute Gasteiger partial charge is 0.498 e. The van der Waals surface area contributed by atoms with Gasteiger partial charge in [0.05, 0.1) is 12.4 Å². The first-order valence-corrected chi connectivity index (χ1v) is 6.14. The molecule has 1 fully saturated rings. The van der Waals surface area contributed by atoms with E-state index in [2.05, 4.69) is 13.8 Å². The highest BCUT2D eigenvalue weighted by molar-refractivity contribution is 4.93. The van der Waals surface area contributed by atoms with Gasteiger partial charge in [0, 0.05) is 0 Å². The van der Waals surface area contributed by atoms with E-state index in [9.17, 15) is 0 Å². The Morgan fingerprint density at radius 2 is 2.00 bits per heavy atom. The van der Waals surface area contributed by atoms with Crippen LogP contribution in [0.15, 0.2) is 11.8 Å². The summed E-state index contributed by atoms with van der Waals surface area (Å²) in [4.78, 5) is 0. The summed E-state index contributed by atoms with van der Waals surface area (Å²) in [5, 5.41) is 0. The van der Waals surface area contributed by atoms with Gasteiger partial charge in [-0.15, -0.1) is 0 Å². The lowest BCUT2D eigenvalue weighted by atomic mass is 9.98.